The average Bonchev–Trinajstić information content (AvgIpc) is 3.08. The fraction of sp³-hybridized carbons (Fsp3) is 0.435. The Morgan fingerprint density at radius 3 is 2.93 bits per heavy atom. The van der Waals surface area contributed by atoms with Crippen molar-refractivity contribution in [2.45, 2.75) is 59.2 Å². The summed E-state index contributed by atoms with van der Waals surface area (Å²) >= 11 is 1.27. The van der Waals surface area contributed by atoms with E-state index in [1.165, 1.54) is 36.2 Å². The number of nitrogens with zero attached hydrogens (tertiary/aromatic N) is 3. The third kappa shape index (κ3) is 4.04. The summed E-state index contributed by atoms with van der Waals surface area (Å²) in [7, 11) is 0. The maximum atomic E-state index is 13.0. The fourth-order valence-corrected chi connectivity index (χ4v) is 5.20. The lowest BCUT2D eigenvalue weighted by atomic mass is 10.0. The first-order valence-electron chi connectivity index (χ1n) is 10.6. The largest absolute Gasteiger partial charge is 0.321 e. The second kappa shape index (κ2) is 8.70. The molecule has 7 heteroatoms. The minimum absolute atomic E-state index is 0.0899. The van der Waals surface area contributed by atoms with E-state index in [9.17, 15) is 9.59 Å². The molecule has 6 nitrogen and oxygen atoms in total. The molecule has 158 valence electrons. The van der Waals surface area contributed by atoms with Crippen molar-refractivity contribution in [1.29, 1.82) is 0 Å². The number of piperidine rings is 1. The number of fused-ring (bicyclic) bond motifs is 1. The maximum Gasteiger partial charge on any atom is 0.266 e. The topological polar surface area (TPSA) is 67.2 Å². The average molecular weight is 425 g/mol. The van der Waals surface area contributed by atoms with E-state index in [1.54, 1.807) is 10.9 Å². The van der Waals surface area contributed by atoms with Gasteiger partial charge in [-0.2, -0.15) is 0 Å². The van der Waals surface area contributed by atoms with E-state index in [2.05, 4.69) is 28.2 Å². The summed E-state index contributed by atoms with van der Waals surface area (Å²) in [5, 5.41) is 3.56. The van der Waals surface area contributed by atoms with E-state index in [0.29, 0.717) is 33.2 Å². The summed E-state index contributed by atoms with van der Waals surface area (Å²) in [5.41, 5.74) is 2.58. The highest BCUT2D eigenvalue weighted by Crippen LogP contribution is 2.28. The molecule has 0 unspecified atom stereocenters. The number of nitrogens with one attached hydrogen (secondary N) is 1. The van der Waals surface area contributed by atoms with Crippen molar-refractivity contribution in [3.8, 4) is 0 Å². The second-order valence-electron chi connectivity index (χ2n) is 8.04. The summed E-state index contributed by atoms with van der Waals surface area (Å²) in [6, 6.07) is 8.64. The van der Waals surface area contributed by atoms with Gasteiger partial charge in [0.25, 0.3) is 11.5 Å². The Kier molecular flexibility index (Phi) is 6.01. The summed E-state index contributed by atoms with van der Waals surface area (Å²) in [6.45, 7) is 8.59. The zero-order valence-corrected chi connectivity index (χ0v) is 18.6. The lowest BCUT2D eigenvalue weighted by Crippen LogP contribution is -2.36. The molecule has 3 heterocycles. The summed E-state index contributed by atoms with van der Waals surface area (Å²) < 4.78 is 1.56. The molecule has 0 saturated carbocycles. The molecule has 1 saturated heterocycles. The van der Waals surface area contributed by atoms with Gasteiger partial charge in [0.15, 0.2) is 0 Å². The Hall–Kier alpha value is -2.51. The molecule has 0 spiro atoms. The lowest BCUT2D eigenvalue weighted by molar-refractivity contribution is 0.103. The zero-order valence-electron chi connectivity index (χ0n) is 17.8. The first kappa shape index (κ1) is 20.8. The monoisotopic (exact) mass is 424 g/mol. The van der Waals surface area contributed by atoms with Crippen molar-refractivity contribution < 1.29 is 4.79 Å². The lowest BCUT2D eigenvalue weighted by Gasteiger charge is -2.33. The number of amides is 1. The van der Waals surface area contributed by atoms with E-state index in [-0.39, 0.29) is 11.5 Å². The van der Waals surface area contributed by atoms with Gasteiger partial charge in [-0.3, -0.25) is 19.1 Å². The van der Waals surface area contributed by atoms with Crippen LogP contribution in [0.1, 0.15) is 53.9 Å². The highest BCUT2D eigenvalue weighted by molar-refractivity contribution is 7.20. The SMILES string of the molecule is CCn1cnc2sc(C(=O)Nc3cccc(CN4CCCC[C@@H]4C)c3)c(C)c2c1=O. The van der Waals surface area contributed by atoms with Crippen molar-refractivity contribution >= 4 is 33.1 Å². The highest BCUT2D eigenvalue weighted by Gasteiger charge is 2.20. The Labute approximate surface area is 180 Å². The van der Waals surface area contributed by atoms with Crippen LogP contribution in [0.5, 0.6) is 0 Å². The second-order valence-corrected chi connectivity index (χ2v) is 9.04. The van der Waals surface area contributed by atoms with Gasteiger partial charge >= 0.3 is 0 Å². The number of likely N-dealkylation sites (tertiary alicyclic amines) is 1. The van der Waals surface area contributed by atoms with Crippen LogP contribution in [0.2, 0.25) is 0 Å². The normalized spacial score (nSPS) is 17.4. The van der Waals surface area contributed by atoms with Gasteiger partial charge in [-0.25, -0.2) is 4.98 Å². The van der Waals surface area contributed by atoms with E-state index < -0.39 is 0 Å². The van der Waals surface area contributed by atoms with Crippen LogP contribution in [-0.2, 0) is 13.1 Å². The number of rotatable bonds is 5. The third-order valence-electron chi connectivity index (χ3n) is 5.98. The highest BCUT2D eigenvalue weighted by atomic mass is 32.1. The molecule has 3 aromatic rings. The van der Waals surface area contributed by atoms with Crippen LogP contribution in [0.25, 0.3) is 10.2 Å². The molecule has 1 aromatic carbocycles. The minimum Gasteiger partial charge on any atom is -0.321 e. The van der Waals surface area contributed by atoms with E-state index in [1.807, 2.05) is 32.0 Å². The first-order chi connectivity index (χ1) is 14.5. The Morgan fingerprint density at radius 2 is 2.17 bits per heavy atom. The molecule has 1 aliphatic rings. The standard InChI is InChI=1S/C23H28N4O2S/c1-4-26-14-24-22-19(23(26)29)16(3)20(30-22)21(28)25-18-10-7-9-17(12-18)13-27-11-6-5-8-15(27)2/h7,9-10,12,14-15H,4-6,8,11,13H2,1-3H3,(H,25,28)/t15-/m0/s1. The van der Waals surface area contributed by atoms with Crippen molar-refractivity contribution in [2.75, 3.05) is 11.9 Å². The van der Waals surface area contributed by atoms with Crippen LogP contribution in [0.3, 0.4) is 0 Å². The molecule has 0 bridgehead atoms. The van der Waals surface area contributed by atoms with E-state index in [4.69, 9.17) is 0 Å². The number of carbonyl (C=O) groups excluding carboxylic acids is 1. The number of benzene rings is 1. The molecule has 1 fully saturated rings. The van der Waals surface area contributed by atoms with Gasteiger partial charge in [0.1, 0.15) is 4.83 Å². The Balaban J connectivity index is 1.55. The maximum absolute atomic E-state index is 13.0. The Morgan fingerprint density at radius 1 is 1.33 bits per heavy atom. The van der Waals surface area contributed by atoms with Crippen LogP contribution >= 0.6 is 11.3 Å². The number of carbonyl (C=O) groups is 1. The van der Waals surface area contributed by atoms with Gasteiger partial charge in [0.2, 0.25) is 0 Å². The van der Waals surface area contributed by atoms with Crippen LogP contribution in [0.15, 0.2) is 35.4 Å². The molecular weight excluding hydrogens is 396 g/mol. The molecule has 0 aliphatic carbocycles. The van der Waals surface area contributed by atoms with E-state index in [0.717, 1.165) is 18.8 Å². The molecule has 1 amide bonds. The zero-order chi connectivity index (χ0) is 21.3. The molecule has 1 aliphatic heterocycles. The Bertz CT molecular complexity index is 1130. The van der Waals surface area contributed by atoms with Crippen molar-refractivity contribution in [3.63, 3.8) is 0 Å². The van der Waals surface area contributed by atoms with Crippen molar-refractivity contribution in [1.82, 2.24) is 14.5 Å². The molecule has 1 atom stereocenters. The van der Waals surface area contributed by atoms with Crippen molar-refractivity contribution in [3.05, 3.63) is 57.0 Å². The molecule has 4 rings (SSSR count). The van der Waals surface area contributed by atoms with Gasteiger partial charge in [0.05, 0.1) is 16.6 Å². The molecule has 30 heavy (non-hydrogen) atoms. The summed E-state index contributed by atoms with van der Waals surface area (Å²) in [4.78, 5) is 33.6. The predicted molar refractivity (Wildman–Crippen MR) is 122 cm³/mol. The van der Waals surface area contributed by atoms with Gasteiger partial charge in [-0.15, -0.1) is 11.3 Å². The molecule has 1 N–H and O–H groups in total. The molecule has 0 radical (unpaired) electrons. The number of hydrogen-bond donors (Lipinski definition) is 1. The quantitative estimate of drug-likeness (QED) is 0.659. The van der Waals surface area contributed by atoms with Crippen LogP contribution in [-0.4, -0.2) is 32.9 Å². The molecular formula is C23H28N4O2S. The van der Waals surface area contributed by atoms with E-state index >= 15 is 0 Å². The van der Waals surface area contributed by atoms with Crippen LogP contribution in [0.4, 0.5) is 5.69 Å². The van der Waals surface area contributed by atoms with Crippen LogP contribution < -0.4 is 10.9 Å². The van der Waals surface area contributed by atoms with Gasteiger partial charge in [-0.05, 0) is 63.4 Å². The number of thiophene rings is 1. The predicted octanol–water partition coefficient (Wildman–Crippen LogP) is 4.41. The summed E-state index contributed by atoms with van der Waals surface area (Å²) in [5.74, 6) is -0.193. The number of aryl methyl sites for hydroxylation is 2. The van der Waals surface area contributed by atoms with Gasteiger partial charge in [-0.1, -0.05) is 18.6 Å². The van der Waals surface area contributed by atoms with Gasteiger partial charge < -0.3 is 5.32 Å². The summed E-state index contributed by atoms with van der Waals surface area (Å²) in [6.07, 6.45) is 5.35. The van der Waals surface area contributed by atoms with Crippen molar-refractivity contribution in [2.24, 2.45) is 0 Å². The molecule has 2 aromatic heterocycles. The third-order valence-corrected chi connectivity index (χ3v) is 7.17. The number of hydrogen-bond acceptors (Lipinski definition) is 5. The van der Waals surface area contributed by atoms with Gasteiger partial charge in [0, 0.05) is 24.8 Å². The minimum atomic E-state index is -0.193. The number of aromatic nitrogens is 2. The van der Waals surface area contributed by atoms with Crippen LogP contribution in [0, 0.1) is 6.92 Å². The smallest absolute Gasteiger partial charge is 0.266 e. The fourth-order valence-electron chi connectivity index (χ4n) is 4.16. The first-order valence-corrected chi connectivity index (χ1v) is 11.4. The number of anilines is 1.